The number of carbonyl (C=O) groups is 1. The number of fused-ring (bicyclic) bond motifs is 2. The zero-order valence-electron chi connectivity index (χ0n) is 14.6. The molecule has 0 fully saturated rings. The lowest BCUT2D eigenvalue weighted by Gasteiger charge is -2.27. The Morgan fingerprint density at radius 1 is 1.22 bits per heavy atom. The van der Waals surface area contributed by atoms with Gasteiger partial charge in [-0.3, -0.25) is 9.59 Å². The number of hydrogen-bond acceptors (Lipinski definition) is 5. The molecule has 0 saturated heterocycles. The van der Waals surface area contributed by atoms with Gasteiger partial charge in [0, 0.05) is 29.5 Å². The maximum Gasteiger partial charge on any atom is 0.308 e. The quantitative estimate of drug-likeness (QED) is 0.419. The zero-order valence-corrected chi connectivity index (χ0v) is 15.3. The second-order valence-corrected chi connectivity index (χ2v) is 6.69. The molecule has 0 aliphatic carbocycles. The molecule has 6 nitrogen and oxygen atoms in total. The Kier molecular flexibility index (Phi) is 4.20. The Balaban J connectivity index is 1.93. The first-order valence-electron chi connectivity index (χ1n) is 8.29. The van der Waals surface area contributed by atoms with Gasteiger partial charge in [-0.1, -0.05) is 29.8 Å². The summed E-state index contributed by atoms with van der Waals surface area (Å²) in [5.41, 5.74) is 1.82. The number of hydrogen-bond donors (Lipinski definition) is 1. The molecule has 1 aromatic heterocycles. The molecule has 0 amide bonds. The van der Waals surface area contributed by atoms with Crippen molar-refractivity contribution in [3.63, 3.8) is 0 Å². The Labute approximate surface area is 159 Å². The van der Waals surface area contributed by atoms with Gasteiger partial charge in [0.15, 0.2) is 0 Å². The minimum atomic E-state index is -0.425. The van der Waals surface area contributed by atoms with E-state index in [4.69, 9.17) is 21.1 Å². The molecule has 136 valence electrons. The minimum Gasteiger partial charge on any atom is -0.438 e. The van der Waals surface area contributed by atoms with Crippen molar-refractivity contribution < 1.29 is 14.3 Å². The third-order valence-electron chi connectivity index (χ3n) is 4.29. The summed E-state index contributed by atoms with van der Waals surface area (Å²) < 4.78 is 11.0. The van der Waals surface area contributed by atoms with Crippen LogP contribution in [0.2, 0.25) is 5.02 Å². The number of esters is 1. The minimum absolute atomic E-state index is 0.240. The van der Waals surface area contributed by atoms with Gasteiger partial charge in [-0.2, -0.15) is 4.98 Å². The standard InChI is InChI=1S/C20H15ClN2O4/c1-10-22-19(25)18-17(12-3-5-13(21)6-4-12)15-8-7-14(26-11(2)24)9-16(15)27-20(18)23-10/h3-9,17H,1-2H3,(H,22,23,25). The summed E-state index contributed by atoms with van der Waals surface area (Å²) in [6.07, 6.45) is 0. The van der Waals surface area contributed by atoms with Crippen LogP contribution in [0.25, 0.3) is 0 Å². The van der Waals surface area contributed by atoms with E-state index in [2.05, 4.69) is 9.97 Å². The Bertz CT molecular complexity index is 1110. The van der Waals surface area contributed by atoms with Crippen LogP contribution in [-0.2, 0) is 4.79 Å². The Hall–Kier alpha value is -3.12. The van der Waals surface area contributed by atoms with E-state index in [0.29, 0.717) is 27.9 Å². The van der Waals surface area contributed by atoms with Gasteiger partial charge in [0.2, 0.25) is 5.88 Å². The maximum atomic E-state index is 12.7. The first kappa shape index (κ1) is 17.3. The third kappa shape index (κ3) is 3.19. The van der Waals surface area contributed by atoms with Gasteiger partial charge in [-0.15, -0.1) is 0 Å². The second kappa shape index (κ2) is 6.55. The number of H-pyrrole nitrogens is 1. The van der Waals surface area contributed by atoms with E-state index in [9.17, 15) is 9.59 Å². The van der Waals surface area contributed by atoms with Crippen molar-refractivity contribution in [2.45, 2.75) is 19.8 Å². The Morgan fingerprint density at radius 2 is 1.96 bits per heavy atom. The number of aromatic nitrogens is 2. The SMILES string of the molecule is CC(=O)Oc1ccc2c(c1)Oc1nc(C)[nH]c(=O)c1C2c1ccc(Cl)cc1. The van der Waals surface area contributed by atoms with Crippen LogP contribution in [0.3, 0.4) is 0 Å². The van der Waals surface area contributed by atoms with Crippen LogP contribution in [0.1, 0.15) is 35.4 Å². The first-order valence-corrected chi connectivity index (χ1v) is 8.66. The molecule has 1 aliphatic rings. The van der Waals surface area contributed by atoms with Gasteiger partial charge >= 0.3 is 5.97 Å². The number of ether oxygens (including phenoxy) is 2. The van der Waals surface area contributed by atoms with Gasteiger partial charge in [0.05, 0.1) is 5.56 Å². The number of nitrogens with zero attached hydrogens (tertiary/aromatic N) is 1. The summed E-state index contributed by atoms with van der Waals surface area (Å²) in [5.74, 6) is 0.728. The highest BCUT2D eigenvalue weighted by Gasteiger charge is 2.33. The fourth-order valence-electron chi connectivity index (χ4n) is 3.23. The number of rotatable bonds is 2. The van der Waals surface area contributed by atoms with Crippen molar-refractivity contribution in [3.05, 3.63) is 80.4 Å². The number of aryl methyl sites for hydroxylation is 1. The molecule has 2 aromatic carbocycles. The smallest absolute Gasteiger partial charge is 0.308 e. The van der Waals surface area contributed by atoms with Gasteiger partial charge < -0.3 is 14.5 Å². The predicted octanol–water partition coefficient (Wildman–Crippen LogP) is 3.94. The lowest BCUT2D eigenvalue weighted by molar-refractivity contribution is -0.131. The fourth-order valence-corrected chi connectivity index (χ4v) is 3.36. The van der Waals surface area contributed by atoms with E-state index in [1.54, 1.807) is 37.3 Å². The van der Waals surface area contributed by atoms with Crippen LogP contribution in [0.5, 0.6) is 17.4 Å². The molecule has 27 heavy (non-hydrogen) atoms. The van der Waals surface area contributed by atoms with Gasteiger partial charge in [-0.05, 0) is 30.7 Å². The van der Waals surface area contributed by atoms with Crippen molar-refractivity contribution >= 4 is 17.6 Å². The molecular formula is C20H15ClN2O4. The molecule has 1 atom stereocenters. The normalized spacial score (nSPS) is 14.7. The molecule has 2 heterocycles. The highest BCUT2D eigenvalue weighted by Crippen LogP contribution is 2.46. The molecule has 1 aliphatic heterocycles. The summed E-state index contributed by atoms with van der Waals surface area (Å²) in [6.45, 7) is 3.02. The largest absolute Gasteiger partial charge is 0.438 e. The van der Waals surface area contributed by atoms with E-state index in [1.807, 2.05) is 12.1 Å². The topological polar surface area (TPSA) is 81.3 Å². The number of nitrogens with one attached hydrogen (secondary N) is 1. The summed E-state index contributed by atoms with van der Waals surface area (Å²) in [5, 5.41) is 0.604. The summed E-state index contributed by atoms with van der Waals surface area (Å²) in [4.78, 5) is 31.0. The van der Waals surface area contributed by atoms with E-state index >= 15 is 0 Å². The molecule has 0 radical (unpaired) electrons. The van der Waals surface area contributed by atoms with Gasteiger partial charge in [0.1, 0.15) is 17.3 Å². The lowest BCUT2D eigenvalue weighted by Crippen LogP contribution is -2.24. The summed E-state index contributed by atoms with van der Waals surface area (Å²) in [6, 6.07) is 12.4. The number of benzene rings is 2. The van der Waals surface area contributed by atoms with E-state index in [-0.39, 0.29) is 17.4 Å². The average molecular weight is 383 g/mol. The number of carbonyl (C=O) groups excluding carboxylic acids is 1. The summed E-state index contributed by atoms with van der Waals surface area (Å²) in [7, 11) is 0. The fraction of sp³-hybridized carbons (Fsp3) is 0.150. The van der Waals surface area contributed by atoms with Crippen LogP contribution in [0, 0.1) is 6.92 Å². The van der Waals surface area contributed by atoms with E-state index in [0.717, 1.165) is 11.1 Å². The predicted molar refractivity (Wildman–Crippen MR) is 99.8 cm³/mol. The van der Waals surface area contributed by atoms with Crippen molar-refractivity contribution in [1.29, 1.82) is 0 Å². The Morgan fingerprint density at radius 3 is 2.67 bits per heavy atom. The van der Waals surface area contributed by atoms with Crippen LogP contribution in [0.15, 0.2) is 47.3 Å². The van der Waals surface area contributed by atoms with Gasteiger partial charge in [-0.25, -0.2) is 0 Å². The average Bonchev–Trinajstić information content (AvgIpc) is 2.60. The second-order valence-electron chi connectivity index (χ2n) is 6.25. The van der Waals surface area contributed by atoms with Crippen LogP contribution >= 0.6 is 11.6 Å². The summed E-state index contributed by atoms with van der Waals surface area (Å²) >= 11 is 6.02. The zero-order chi connectivity index (χ0) is 19.1. The van der Waals surface area contributed by atoms with Crippen LogP contribution in [-0.4, -0.2) is 15.9 Å². The molecule has 0 bridgehead atoms. The first-order chi connectivity index (χ1) is 12.9. The van der Waals surface area contributed by atoms with Crippen LogP contribution < -0.4 is 15.0 Å². The molecule has 7 heteroatoms. The molecule has 0 saturated carbocycles. The number of aromatic amines is 1. The van der Waals surface area contributed by atoms with Crippen molar-refractivity contribution in [3.8, 4) is 17.4 Å². The molecule has 3 aromatic rings. The van der Waals surface area contributed by atoms with Gasteiger partial charge in [0.25, 0.3) is 5.56 Å². The van der Waals surface area contributed by atoms with Crippen molar-refractivity contribution in [2.24, 2.45) is 0 Å². The molecule has 1 unspecified atom stereocenters. The highest BCUT2D eigenvalue weighted by molar-refractivity contribution is 6.30. The van der Waals surface area contributed by atoms with E-state index < -0.39 is 5.97 Å². The van der Waals surface area contributed by atoms with E-state index in [1.165, 1.54) is 6.92 Å². The molecule has 0 spiro atoms. The monoisotopic (exact) mass is 382 g/mol. The van der Waals surface area contributed by atoms with Crippen molar-refractivity contribution in [2.75, 3.05) is 0 Å². The molecule has 1 N–H and O–H groups in total. The van der Waals surface area contributed by atoms with Crippen molar-refractivity contribution in [1.82, 2.24) is 9.97 Å². The molecule has 4 rings (SSSR count). The molecular weight excluding hydrogens is 368 g/mol. The third-order valence-corrected chi connectivity index (χ3v) is 4.55. The number of halogens is 1. The lowest BCUT2D eigenvalue weighted by atomic mass is 9.84. The van der Waals surface area contributed by atoms with Crippen LogP contribution in [0.4, 0.5) is 0 Å². The highest BCUT2D eigenvalue weighted by atomic mass is 35.5. The maximum absolute atomic E-state index is 12.7.